The van der Waals surface area contributed by atoms with Gasteiger partial charge in [0.1, 0.15) is 0 Å². The summed E-state index contributed by atoms with van der Waals surface area (Å²) in [6.07, 6.45) is 1.55. The van der Waals surface area contributed by atoms with Crippen LogP contribution in [0.15, 0.2) is 40.3 Å². The number of thiophene rings is 1. The Kier molecular flexibility index (Phi) is 6.56. The van der Waals surface area contributed by atoms with Gasteiger partial charge in [-0.3, -0.25) is 14.4 Å². The maximum Gasteiger partial charge on any atom is 0.307 e. The van der Waals surface area contributed by atoms with Gasteiger partial charge in [0.25, 0.3) is 5.91 Å². The minimum atomic E-state index is -0.439. The van der Waals surface area contributed by atoms with Crippen LogP contribution in [-0.2, 0) is 14.3 Å². The van der Waals surface area contributed by atoms with Gasteiger partial charge in [-0.25, -0.2) is 0 Å². The van der Waals surface area contributed by atoms with Gasteiger partial charge in [0, 0.05) is 17.8 Å². The lowest BCUT2D eigenvalue weighted by Gasteiger charge is -2.16. The number of methoxy groups -OCH3 is 1. The molecule has 0 aliphatic carbocycles. The first kappa shape index (κ1) is 17.7. The molecule has 0 saturated heterocycles. The molecule has 0 radical (unpaired) electrons. The Morgan fingerprint density at radius 3 is 2.75 bits per heavy atom. The summed E-state index contributed by atoms with van der Waals surface area (Å²) in [7, 11) is 1.31. The van der Waals surface area contributed by atoms with Crippen LogP contribution in [0.25, 0.3) is 0 Å². The molecular formula is C16H18N2O5S. The average Bonchev–Trinajstić information content (AvgIpc) is 3.27. The topological polar surface area (TPSA) is 97.6 Å². The van der Waals surface area contributed by atoms with E-state index in [0.29, 0.717) is 0 Å². The lowest BCUT2D eigenvalue weighted by atomic mass is 10.1. The van der Waals surface area contributed by atoms with Crippen LogP contribution in [0.1, 0.15) is 34.3 Å². The fraction of sp³-hybridized carbons (Fsp3) is 0.312. The summed E-state index contributed by atoms with van der Waals surface area (Å²) >= 11 is 1.45. The highest BCUT2D eigenvalue weighted by molar-refractivity contribution is 7.10. The first-order chi connectivity index (χ1) is 11.6. The van der Waals surface area contributed by atoms with Crippen LogP contribution in [-0.4, -0.2) is 31.4 Å². The third-order valence-corrected chi connectivity index (χ3v) is 4.19. The minimum absolute atomic E-state index is 0.0571. The van der Waals surface area contributed by atoms with Gasteiger partial charge in [0.2, 0.25) is 5.91 Å². The average molecular weight is 350 g/mol. The van der Waals surface area contributed by atoms with E-state index >= 15 is 0 Å². The van der Waals surface area contributed by atoms with Crippen molar-refractivity contribution in [2.24, 2.45) is 0 Å². The highest BCUT2D eigenvalue weighted by Crippen LogP contribution is 2.22. The molecule has 0 saturated carbocycles. The van der Waals surface area contributed by atoms with E-state index in [1.807, 2.05) is 17.5 Å². The monoisotopic (exact) mass is 350 g/mol. The smallest absolute Gasteiger partial charge is 0.307 e. The lowest BCUT2D eigenvalue weighted by Crippen LogP contribution is -2.33. The van der Waals surface area contributed by atoms with E-state index < -0.39 is 12.0 Å². The third-order valence-electron chi connectivity index (χ3n) is 3.20. The minimum Gasteiger partial charge on any atom is -0.469 e. The van der Waals surface area contributed by atoms with Crippen molar-refractivity contribution in [3.05, 3.63) is 46.5 Å². The number of carbonyl (C=O) groups is 3. The van der Waals surface area contributed by atoms with E-state index in [-0.39, 0.29) is 37.0 Å². The predicted octanol–water partition coefficient (Wildman–Crippen LogP) is 1.88. The molecule has 8 heteroatoms. The molecule has 2 heterocycles. The lowest BCUT2D eigenvalue weighted by molar-refractivity contribution is -0.141. The van der Waals surface area contributed by atoms with E-state index in [1.165, 1.54) is 24.7 Å². The molecule has 0 aliphatic rings. The van der Waals surface area contributed by atoms with Crippen LogP contribution in [0.4, 0.5) is 0 Å². The number of ether oxygens (including phenoxy) is 1. The SMILES string of the molecule is COC(=O)CC(NC(=O)CCNC(=O)c1ccco1)c1cccs1. The molecule has 2 aromatic heterocycles. The van der Waals surface area contributed by atoms with Crippen molar-refractivity contribution in [1.29, 1.82) is 0 Å². The van der Waals surface area contributed by atoms with Crippen molar-refractivity contribution in [2.45, 2.75) is 18.9 Å². The first-order valence-electron chi connectivity index (χ1n) is 7.31. The summed E-state index contributed by atoms with van der Waals surface area (Å²) < 4.78 is 9.62. The van der Waals surface area contributed by atoms with Crippen LogP contribution >= 0.6 is 11.3 Å². The third kappa shape index (κ3) is 5.24. The summed E-state index contributed by atoms with van der Waals surface area (Å²) in [6.45, 7) is 0.167. The maximum atomic E-state index is 12.1. The Balaban J connectivity index is 1.82. The first-order valence-corrected chi connectivity index (χ1v) is 8.19. The molecule has 2 N–H and O–H groups in total. The second-order valence-corrected chi connectivity index (χ2v) is 5.88. The van der Waals surface area contributed by atoms with Crippen molar-refractivity contribution in [3.8, 4) is 0 Å². The van der Waals surface area contributed by atoms with Gasteiger partial charge < -0.3 is 19.8 Å². The van der Waals surface area contributed by atoms with Crippen molar-refractivity contribution >= 4 is 29.1 Å². The highest BCUT2D eigenvalue weighted by atomic mass is 32.1. The van der Waals surface area contributed by atoms with Crippen molar-refractivity contribution in [1.82, 2.24) is 10.6 Å². The van der Waals surface area contributed by atoms with E-state index in [4.69, 9.17) is 4.42 Å². The van der Waals surface area contributed by atoms with E-state index in [9.17, 15) is 14.4 Å². The van der Waals surface area contributed by atoms with E-state index in [2.05, 4.69) is 15.4 Å². The molecule has 0 aliphatic heterocycles. The van der Waals surface area contributed by atoms with Crippen molar-refractivity contribution < 1.29 is 23.5 Å². The Labute approximate surface area is 143 Å². The van der Waals surface area contributed by atoms with Crippen LogP contribution in [0.2, 0.25) is 0 Å². The zero-order valence-corrected chi connectivity index (χ0v) is 13.9. The van der Waals surface area contributed by atoms with Crippen LogP contribution in [0.5, 0.6) is 0 Å². The molecule has 2 amide bonds. The summed E-state index contributed by atoms with van der Waals surface area (Å²) in [4.78, 5) is 36.1. The zero-order valence-electron chi connectivity index (χ0n) is 13.1. The number of carbonyl (C=O) groups excluding carboxylic acids is 3. The normalized spacial score (nSPS) is 11.5. The Bertz CT molecular complexity index is 667. The number of esters is 1. The molecule has 0 aromatic carbocycles. The number of furan rings is 1. The summed E-state index contributed by atoms with van der Waals surface area (Å²) in [5, 5.41) is 7.25. The summed E-state index contributed by atoms with van der Waals surface area (Å²) in [6, 6.07) is 6.40. The molecule has 7 nitrogen and oxygen atoms in total. The molecule has 0 spiro atoms. The van der Waals surface area contributed by atoms with Gasteiger partial charge in [-0.1, -0.05) is 6.07 Å². The molecule has 1 atom stereocenters. The number of hydrogen-bond donors (Lipinski definition) is 2. The Morgan fingerprint density at radius 1 is 1.29 bits per heavy atom. The van der Waals surface area contributed by atoms with Gasteiger partial charge >= 0.3 is 5.97 Å². The Morgan fingerprint density at radius 2 is 2.12 bits per heavy atom. The second-order valence-electron chi connectivity index (χ2n) is 4.90. The zero-order chi connectivity index (χ0) is 17.4. The molecule has 2 rings (SSSR count). The molecule has 2 aromatic rings. The Hall–Kier alpha value is -2.61. The molecule has 0 fully saturated rings. The van der Waals surface area contributed by atoms with Crippen molar-refractivity contribution in [3.63, 3.8) is 0 Å². The predicted molar refractivity (Wildman–Crippen MR) is 87.5 cm³/mol. The molecular weight excluding hydrogens is 332 g/mol. The van der Waals surface area contributed by atoms with Crippen molar-refractivity contribution in [2.75, 3.05) is 13.7 Å². The van der Waals surface area contributed by atoms with Crippen LogP contribution in [0.3, 0.4) is 0 Å². The van der Waals surface area contributed by atoms with E-state index in [1.54, 1.807) is 12.1 Å². The van der Waals surface area contributed by atoms with E-state index in [0.717, 1.165) is 4.88 Å². The molecule has 0 bridgehead atoms. The fourth-order valence-corrected chi connectivity index (χ4v) is 2.79. The largest absolute Gasteiger partial charge is 0.469 e. The fourth-order valence-electron chi connectivity index (χ4n) is 2.01. The quantitative estimate of drug-likeness (QED) is 0.709. The van der Waals surface area contributed by atoms with Crippen LogP contribution in [0, 0.1) is 0 Å². The maximum absolute atomic E-state index is 12.1. The summed E-state index contributed by atoms with van der Waals surface area (Å²) in [5.74, 6) is -0.855. The highest BCUT2D eigenvalue weighted by Gasteiger charge is 2.19. The molecule has 1 unspecified atom stereocenters. The number of hydrogen-bond acceptors (Lipinski definition) is 6. The van der Waals surface area contributed by atoms with Gasteiger partial charge in [0.05, 0.1) is 25.8 Å². The summed E-state index contributed by atoms with van der Waals surface area (Å²) in [5.41, 5.74) is 0. The van der Waals surface area contributed by atoms with Crippen LogP contribution < -0.4 is 10.6 Å². The number of nitrogens with one attached hydrogen (secondary N) is 2. The van der Waals surface area contributed by atoms with Gasteiger partial charge in [0.15, 0.2) is 5.76 Å². The number of amides is 2. The van der Waals surface area contributed by atoms with Gasteiger partial charge in [-0.05, 0) is 23.6 Å². The van der Waals surface area contributed by atoms with Gasteiger partial charge in [-0.2, -0.15) is 0 Å². The second kappa shape index (κ2) is 8.88. The number of rotatable bonds is 8. The molecule has 128 valence electrons. The molecule has 24 heavy (non-hydrogen) atoms. The standard InChI is InChI=1S/C16H18N2O5S/c1-22-15(20)10-11(13-5-3-9-24-13)18-14(19)6-7-17-16(21)12-4-2-8-23-12/h2-5,8-9,11H,6-7,10H2,1H3,(H,17,21)(H,18,19). The van der Waals surface area contributed by atoms with Gasteiger partial charge in [-0.15, -0.1) is 11.3 Å².